The van der Waals surface area contributed by atoms with Crippen molar-refractivity contribution in [2.75, 3.05) is 0 Å². The summed E-state index contributed by atoms with van der Waals surface area (Å²) in [6.45, 7) is 14.8. The number of hydrogen-bond acceptors (Lipinski definition) is 4. The Kier molecular flexibility index (Phi) is 7.17. The predicted molar refractivity (Wildman–Crippen MR) is 137 cm³/mol. The van der Waals surface area contributed by atoms with Crippen LogP contribution in [0.1, 0.15) is 50.1 Å². The van der Waals surface area contributed by atoms with E-state index in [1.807, 2.05) is 44.2 Å². The molecule has 0 spiro atoms. The highest BCUT2D eigenvalue weighted by Crippen LogP contribution is 2.64. The van der Waals surface area contributed by atoms with Crippen molar-refractivity contribution in [1.29, 1.82) is 0 Å². The molecule has 0 aliphatic heterocycles. The lowest BCUT2D eigenvalue weighted by Crippen LogP contribution is -2.03. The third kappa shape index (κ3) is 4.92. The van der Waals surface area contributed by atoms with Gasteiger partial charge in [0.2, 0.25) is 0 Å². The molecule has 0 heterocycles. The molecule has 0 aliphatic rings. The van der Waals surface area contributed by atoms with Crippen LogP contribution in [-0.2, 0) is 4.57 Å². The second-order valence-corrected chi connectivity index (χ2v) is 12.4. The largest absolute Gasteiger partial charge is 0.497 e. The summed E-state index contributed by atoms with van der Waals surface area (Å²) >= 11 is 1.18. The van der Waals surface area contributed by atoms with Crippen LogP contribution in [-0.4, -0.2) is 0 Å². The Morgan fingerprint density at radius 2 is 0.906 bits per heavy atom. The Labute approximate surface area is 196 Å². The van der Waals surface area contributed by atoms with E-state index in [1.54, 1.807) is 0 Å². The monoisotopic (exact) mass is 468 g/mol. The summed E-state index contributed by atoms with van der Waals surface area (Å²) < 4.78 is 26.7. The highest BCUT2D eigenvalue weighted by atomic mass is 32.7. The van der Waals surface area contributed by atoms with Crippen LogP contribution in [0, 0.1) is 62.3 Å². The zero-order valence-electron chi connectivity index (χ0n) is 20.5. The van der Waals surface area contributed by atoms with Crippen molar-refractivity contribution in [1.82, 2.24) is 0 Å². The van der Waals surface area contributed by atoms with Gasteiger partial charge in [-0.05, 0) is 131 Å². The van der Waals surface area contributed by atoms with Crippen LogP contribution in [0.2, 0.25) is 0 Å². The van der Waals surface area contributed by atoms with Crippen LogP contribution in [0.3, 0.4) is 0 Å². The minimum absolute atomic E-state index is 0.590. The summed E-state index contributed by atoms with van der Waals surface area (Å²) in [6, 6.07) is 11.8. The smallest absolute Gasteiger partial charge is 0.408 e. The molecule has 5 heteroatoms. The van der Waals surface area contributed by atoms with E-state index in [9.17, 15) is 4.57 Å². The summed E-state index contributed by atoms with van der Waals surface area (Å²) in [5, 5.41) is 0. The molecule has 0 radical (unpaired) electrons. The Bertz CT molecular complexity index is 1080. The van der Waals surface area contributed by atoms with E-state index >= 15 is 0 Å². The van der Waals surface area contributed by atoms with Crippen molar-refractivity contribution >= 4 is 18.2 Å². The molecule has 3 rings (SSSR count). The SMILES string of the molecule is Cc1ccc(OP(=O)(Oc2ccc(C)c(C)c2C)Sc2ccc(C)c(C)c2C)c(C)c1C. The van der Waals surface area contributed by atoms with Gasteiger partial charge in [-0.2, -0.15) is 0 Å². The van der Waals surface area contributed by atoms with Crippen molar-refractivity contribution < 1.29 is 13.6 Å². The van der Waals surface area contributed by atoms with E-state index in [0.29, 0.717) is 11.5 Å². The lowest BCUT2D eigenvalue weighted by atomic mass is 10.0. The zero-order chi connectivity index (χ0) is 23.8. The molecule has 0 aliphatic carbocycles. The van der Waals surface area contributed by atoms with Crippen LogP contribution in [0.25, 0.3) is 0 Å². The fourth-order valence-corrected chi connectivity index (χ4v) is 7.18. The number of rotatable bonds is 6. The Hall–Kier alpha value is -2.16. The maximum Gasteiger partial charge on any atom is 0.497 e. The topological polar surface area (TPSA) is 35.5 Å². The standard InChI is InChI=1S/C27H33O3PS/c1-16-10-13-25(22(7)19(16)4)29-31(28,30-26-14-11-17(2)20(5)23(26)8)32-27-15-12-18(3)21(6)24(27)9/h10-15H,1-9H3. The van der Waals surface area contributed by atoms with Crippen molar-refractivity contribution in [2.24, 2.45) is 0 Å². The molecule has 0 fully saturated rings. The Morgan fingerprint density at radius 1 is 0.531 bits per heavy atom. The molecular weight excluding hydrogens is 435 g/mol. The molecule has 0 N–H and O–H groups in total. The lowest BCUT2D eigenvalue weighted by molar-refractivity contribution is 0.405. The molecule has 0 amide bonds. The molecular formula is C27H33O3PS. The molecule has 0 saturated heterocycles. The first kappa shape index (κ1) is 24.5. The summed E-state index contributed by atoms with van der Waals surface area (Å²) in [7, 11) is 0. The Balaban J connectivity index is 2.09. The quantitative estimate of drug-likeness (QED) is 0.339. The highest BCUT2D eigenvalue weighted by Gasteiger charge is 2.33. The van der Waals surface area contributed by atoms with Crippen molar-refractivity contribution in [2.45, 2.75) is 67.2 Å². The molecule has 170 valence electrons. The fraction of sp³-hybridized carbons (Fsp3) is 0.333. The van der Waals surface area contributed by atoms with Crippen LogP contribution in [0.5, 0.6) is 11.5 Å². The minimum atomic E-state index is -3.65. The first-order valence-electron chi connectivity index (χ1n) is 10.8. The average molecular weight is 469 g/mol. The lowest BCUT2D eigenvalue weighted by Gasteiger charge is -2.23. The Morgan fingerprint density at radius 3 is 1.34 bits per heavy atom. The van der Waals surface area contributed by atoms with E-state index in [2.05, 4.69) is 54.5 Å². The van der Waals surface area contributed by atoms with Gasteiger partial charge < -0.3 is 9.05 Å². The normalized spacial score (nSPS) is 11.5. The van der Waals surface area contributed by atoms with Crippen LogP contribution in [0.15, 0.2) is 41.3 Å². The highest BCUT2D eigenvalue weighted by molar-refractivity contribution is 8.55. The number of hydrogen-bond donors (Lipinski definition) is 0. The van der Waals surface area contributed by atoms with Gasteiger partial charge in [-0.15, -0.1) is 0 Å². The van der Waals surface area contributed by atoms with E-state index < -0.39 is 6.80 Å². The fourth-order valence-electron chi connectivity index (χ4n) is 3.51. The first-order chi connectivity index (χ1) is 14.9. The molecule has 32 heavy (non-hydrogen) atoms. The van der Waals surface area contributed by atoms with Crippen molar-refractivity contribution in [3.63, 3.8) is 0 Å². The number of aryl methyl sites for hydroxylation is 3. The average Bonchev–Trinajstić information content (AvgIpc) is 2.75. The van der Waals surface area contributed by atoms with E-state index in [-0.39, 0.29) is 0 Å². The summed E-state index contributed by atoms with van der Waals surface area (Å²) in [5.74, 6) is 1.18. The molecule has 0 atom stereocenters. The zero-order valence-corrected chi connectivity index (χ0v) is 22.3. The summed E-state index contributed by atoms with van der Waals surface area (Å²) in [6.07, 6.45) is 0. The minimum Gasteiger partial charge on any atom is -0.408 e. The van der Waals surface area contributed by atoms with E-state index in [1.165, 1.54) is 33.6 Å². The van der Waals surface area contributed by atoms with Gasteiger partial charge in [0.1, 0.15) is 11.5 Å². The van der Waals surface area contributed by atoms with Gasteiger partial charge >= 0.3 is 6.80 Å². The molecule has 0 aromatic heterocycles. The van der Waals surface area contributed by atoms with Crippen molar-refractivity contribution in [3.8, 4) is 11.5 Å². The third-order valence-electron chi connectivity index (χ3n) is 6.66. The van der Waals surface area contributed by atoms with E-state index in [4.69, 9.17) is 9.05 Å². The molecule has 3 aromatic carbocycles. The van der Waals surface area contributed by atoms with E-state index in [0.717, 1.165) is 32.7 Å². The summed E-state index contributed by atoms with van der Waals surface area (Å²) in [5.41, 5.74) is 10.0. The summed E-state index contributed by atoms with van der Waals surface area (Å²) in [4.78, 5) is 0.902. The van der Waals surface area contributed by atoms with Crippen LogP contribution >= 0.6 is 18.2 Å². The van der Waals surface area contributed by atoms with Crippen molar-refractivity contribution in [3.05, 3.63) is 86.5 Å². The van der Waals surface area contributed by atoms with Gasteiger partial charge in [-0.1, -0.05) is 18.2 Å². The van der Waals surface area contributed by atoms with Crippen LogP contribution < -0.4 is 9.05 Å². The van der Waals surface area contributed by atoms with Gasteiger partial charge in [0.25, 0.3) is 0 Å². The van der Waals surface area contributed by atoms with Gasteiger partial charge in [-0.3, -0.25) is 0 Å². The maximum absolute atomic E-state index is 14.3. The third-order valence-corrected chi connectivity index (χ3v) is 10.1. The second kappa shape index (κ2) is 9.37. The molecule has 0 bridgehead atoms. The molecule has 0 saturated carbocycles. The van der Waals surface area contributed by atoms with Gasteiger partial charge in [0, 0.05) is 16.3 Å². The van der Waals surface area contributed by atoms with Crippen LogP contribution in [0.4, 0.5) is 0 Å². The predicted octanol–water partition coefficient (Wildman–Crippen LogP) is 8.82. The molecule has 3 aromatic rings. The van der Waals surface area contributed by atoms with Gasteiger partial charge in [0.15, 0.2) is 0 Å². The molecule has 0 unspecified atom stereocenters. The van der Waals surface area contributed by atoms with Gasteiger partial charge in [-0.25, -0.2) is 4.57 Å². The second-order valence-electron chi connectivity index (χ2n) is 8.61. The maximum atomic E-state index is 14.3. The van der Waals surface area contributed by atoms with Gasteiger partial charge in [0.05, 0.1) is 0 Å². The number of benzene rings is 3. The first-order valence-corrected chi connectivity index (χ1v) is 13.8. The molecule has 3 nitrogen and oxygen atoms in total.